The summed E-state index contributed by atoms with van der Waals surface area (Å²) >= 11 is 0. The van der Waals surface area contributed by atoms with Crippen molar-refractivity contribution >= 4 is 11.6 Å². The van der Waals surface area contributed by atoms with E-state index in [1.54, 1.807) is 0 Å². The van der Waals surface area contributed by atoms with Crippen molar-refractivity contribution in [1.82, 2.24) is 15.0 Å². The van der Waals surface area contributed by atoms with E-state index in [9.17, 15) is 4.79 Å². The minimum Gasteiger partial charge on any atom is -0.360 e. The van der Waals surface area contributed by atoms with E-state index < -0.39 is 0 Å². The molecule has 26 heavy (non-hydrogen) atoms. The SMILES string of the molecule is Cc1cc(CN2CCN(CC(=O)N3CCCc4ccccc43)CC2)on1. The Morgan fingerprint density at radius 1 is 1.12 bits per heavy atom. The molecule has 138 valence electrons. The maximum atomic E-state index is 12.9. The number of hydrogen-bond acceptors (Lipinski definition) is 5. The molecular formula is C20H26N4O2. The molecule has 0 aliphatic carbocycles. The van der Waals surface area contributed by atoms with E-state index in [2.05, 4.69) is 33.2 Å². The number of amides is 1. The van der Waals surface area contributed by atoms with Crippen LogP contribution < -0.4 is 4.90 Å². The molecule has 2 aromatic rings. The number of piperazine rings is 1. The molecule has 0 bridgehead atoms. The molecule has 1 amide bonds. The molecule has 6 heteroatoms. The molecular weight excluding hydrogens is 328 g/mol. The van der Waals surface area contributed by atoms with Gasteiger partial charge in [0.05, 0.1) is 18.8 Å². The lowest BCUT2D eigenvalue weighted by Crippen LogP contribution is -2.50. The number of rotatable bonds is 4. The summed E-state index contributed by atoms with van der Waals surface area (Å²) in [5.41, 5.74) is 3.31. The Morgan fingerprint density at radius 3 is 2.65 bits per heavy atom. The number of nitrogens with zero attached hydrogens (tertiary/aromatic N) is 4. The van der Waals surface area contributed by atoms with Gasteiger partial charge in [0.1, 0.15) is 0 Å². The fourth-order valence-corrected chi connectivity index (χ4v) is 3.89. The van der Waals surface area contributed by atoms with Crippen LogP contribution in [0.5, 0.6) is 0 Å². The number of aromatic nitrogens is 1. The molecule has 6 nitrogen and oxygen atoms in total. The van der Waals surface area contributed by atoms with Gasteiger partial charge in [0.15, 0.2) is 5.76 Å². The molecule has 1 aromatic heterocycles. The number of fused-ring (bicyclic) bond motifs is 1. The summed E-state index contributed by atoms with van der Waals surface area (Å²) in [6.07, 6.45) is 2.12. The van der Waals surface area contributed by atoms with Gasteiger partial charge in [-0.15, -0.1) is 0 Å². The Kier molecular flexibility index (Phi) is 5.04. The molecule has 1 aromatic carbocycles. The van der Waals surface area contributed by atoms with Crippen molar-refractivity contribution in [3.8, 4) is 0 Å². The molecule has 0 spiro atoms. The first kappa shape index (κ1) is 17.2. The van der Waals surface area contributed by atoms with Crippen LogP contribution in [0.3, 0.4) is 0 Å². The maximum Gasteiger partial charge on any atom is 0.241 e. The van der Waals surface area contributed by atoms with Crippen molar-refractivity contribution in [3.63, 3.8) is 0 Å². The van der Waals surface area contributed by atoms with Crippen molar-refractivity contribution in [1.29, 1.82) is 0 Å². The second-order valence-electron chi connectivity index (χ2n) is 7.26. The molecule has 1 fully saturated rings. The zero-order chi connectivity index (χ0) is 17.9. The molecule has 1 saturated heterocycles. The van der Waals surface area contributed by atoms with Crippen molar-refractivity contribution in [2.75, 3.05) is 44.2 Å². The molecule has 2 aliphatic rings. The minimum absolute atomic E-state index is 0.219. The number of benzene rings is 1. The first-order chi connectivity index (χ1) is 12.7. The summed E-state index contributed by atoms with van der Waals surface area (Å²) in [5.74, 6) is 1.13. The Hall–Kier alpha value is -2.18. The predicted octanol–water partition coefficient (Wildman–Crippen LogP) is 2.08. The lowest BCUT2D eigenvalue weighted by atomic mass is 10.0. The van der Waals surface area contributed by atoms with Gasteiger partial charge in [-0.1, -0.05) is 23.4 Å². The molecule has 0 atom stereocenters. The zero-order valence-electron chi connectivity index (χ0n) is 15.4. The fraction of sp³-hybridized carbons (Fsp3) is 0.500. The molecule has 2 aliphatic heterocycles. The summed E-state index contributed by atoms with van der Waals surface area (Å²) in [6.45, 7) is 7.79. The third-order valence-corrected chi connectivity index (χ3v) is 5.29. The van der Waals surface area contributed by atoms with Gasteiger partial charge >= 0.3 is 0 Å². The fourth-order valence-electron chi connectivity index (χ4n) is 3.89. The van der Waals surface area contributed by atoms with Crippen molar-refractivity contribution in [2.24, 2.45) is 0 Å². The number of hydrogen-bond donors (Lipinski definition) is 0. The second-order valence-corrected chi connectivity index (χ2v) is 7.26. The molecule has 0 radical (unpaired) electrons. The van der Waals surface area contributed by atoms with Crippen molar-refractivity contribution in [2.45, 2.75) is 26.3 Å². The van der Waals surface area contributed by atoms with Gasteiger partial charge in [-0.25, -0.2) is 0 Å². The average Bonchev–Trinajstić information content (AvgIpc) is 3.07. The standard InChI is InChI=1S/C20H26N4O2/c1-16-13-18(26-21-16)14-22-9-11-23(12-10-22)15-20(25)24-8-4-6-17-5-2-3-7-19(17)24/h2-3,5,7,13H,4,6,8-12,14-15H2,1H3. The van der Waals surface area contributed by atoms with Crippen LogP contribution in [-0.2, 0) is 17.8 Å². The van der Waals surface area contributed by atoms with E-state index in [-0.39, 0.29) is 5.91 Å². The van der Waals surface area contributed by atoms with Gasteiger partial charge in [-0.05, 0) is 31.4 Å². The number of carbonyl (C=O) groups excluding carboxylic acids is 1. The zero-order valence-corrected chi connectivity index (χ0v) is 15.4. The van der Waals surface area contributed by atoms with Crippen molar-refractivity contribution < 1.29 is 9.32 Å². The highest BCUT2D eigenvalue weighted by Gasteiger charge is 2.25. The third kappa shape index (κ3) is 3.81. The Balaban J connectivity index is 1.30. The normalized spacial score (nSPS) is 18.7. The second kappa shape index (κ2) is 7.60. The lowest BCUT2D eigenvalue weighted by Gasteiger charge is -2.36. The minimum atomic E-state index is 0.219. The number of para-hydroxylation sites is 1. The smallest absolute Gasteiger partial charge is 0.241 e. The third-order valence-electron chi connectivity index (χ3n) is 5.29. The molecule has 0 N–H and O–H groups in total. The van der Waals surface area contributed by atoms with Crippen LogP contribution in [0.1, 0.15) is 23.4 Å². The Bertz CT molecular complexity index is 765. The topological polar surface area (TPSA) is 52.8 Å². The van der Waals surface area contributed by atoms with Gasteiger partial charge < -0.3 is 9.42 Å². The highest BCUT2D eigenvalue weighted by Crippen LogP contribution is 2.26. The summed E-state index contributed by atoms with van der Waals surface area (Å²) in [5, 5.41) is 3.94. The number of carbonyl (C=O) groups is 1. The quantitative estimate of drug-likeness (QED) is 0.841. The van der Waals surface area contributed by atoms with Crippen LogP contribution in [0.15, 0.2) is 34.9 Å². The van der Waals surface area contributed by atoms with Gasteiger partial charge in [-0.2, -0.15) is 0 Å². The lowest BCUT2D eigenvalue weighted by molar-refractivity contribution is -0.120. The highest BCUT2D eigenvalue weighted by atomic mass is 16.5. The predicted molar refractivity (Wildman–Crippen MR) is 100 cm³/mol. The Morgan fingerprint density at radius 2 is 1.88 bits per heavy atom. The summed E-state index contributed by atoms with van der Waals surface area (Å²) in [4.78, 5) is 19.5. The Labute approximate surface area is 154 Å². The molecule has 3 heterocycles. The summed E-state index contributed by atoms with van der Waals surface area (Å²) < 4.78 is 5.30. The van der Waals surface area contributed by atoms with Gasteiger partial charge in [0, 0.05) is 44.5 Å². The molecule has 0 unspecified atom stereocenters. The molecule has 0 saturated carbocycles. The van der Waals surface area contributed by atoms with Crippen molar-refractivity contribution in [3.05, 3.63) is 47.3 Å². The monoisotopic (exact) mass is 354 g/mol. The summed E-state index contributed by atoms with van der Waals surface area (Å²) in [6, 6.07) is 10.3. The van der Waals surface area contributed by atoms with E-state index in [4.69, 9.17) is 4.52 Å². The van der Waals surface area contributed by atoms with Crippen LogP contribution >= 0.6 is 0 Å². The summed E-state index contributed by atoms with van der Waals surface area (Å²) in [7, 11) is 0. The van der Waals surface area contributed by atoms with Crippen LogP contribution in [0.4, 0.5) is 5.69 Å². The first-order valence-corrected chi connectivity index (χ1v) is 9.44. The largest absolute Gasteiger partial charge is 0.360 e. The van der Waals surface area contributed by atoms with E-state index in [0.29, 0.717) is 6.54 Å². The number of anilines is 1. The molecule has 4 rings (SSSR count). The van der Waals surface area contributed by atoms with Gasteiger partial charge in [-0.3, -0.25) is 14.6 Å². The van der Waals surface area contributed by atoms with E-state index in [1.807, 2.05) is 24.0 Å². The first-order valence-electron chi connectivity index (χ1n) is 9.44. The average molecular weight is 354 g/mol. The number of aryl methyl sites for hydroxylation is 2. The maximum absolute atomic E-state index is 12.9. The van der Waals surface area contributed by atoms with Crippen LogP contribution in [0.25, 0.3) is 0 Å². The van der Waals surface area contributed by atoms with E-state index in [0.717, 1.165) is 69.3 Å². The van der Waals surface area contributed by atoms with Gasteiger partial charge in [0.25, 0.3) is 0 Å². The van der Waals surface area contributed by atoms with E-state index in [1.165, 1.54) is 5.56 Å². The van der Waals surface area contributed by atoms with Crippen LogP contribution in [0, 0.1) is 6.92 Å². The van der Waals surface area contributed by atoms with Gasteiger partial charge in [0.2, 0.25) is 5.91 Å². The van der Waals surface area contributed by atoms with Crippen LogP contribution in [0.2, 0.25) is 0 Å². The highest BCUT2D eigenvalue weighted by molar-refractivity contribution is 5.95. The van der Waals surface area contributed by atoms with E-state index >= 15 is 0 Å². The van der Waals surface area contributed by atoms with Crippen LogP contribution in [-0.4, -0.2) is 60.1 Å².